The van der Waals surface area contributed by atoms with Crippen LogP contribution in [0, 0.1) is 11.8 Å². The van der Waals surface area contributed by atoms with Crippen LogP contribution < -0.4 is 11.1 Å². The number of nitrogens with zero attached hydrogens (tertiary/aromatic N) is 1. The smallest absolute Gasteiger partial charge is 0.317 e. The quantitative estimate of drug-likeness (QED) is 0.633. The molecule has 1 saturated heterocycles. The molecule has 1 heterocycles. The molecule has 0 spiro atoms. The van der Waals surface area contributed by atoms with Crippen molar-refractivity contribution in [2.45, 2.75) is 19.4 Å². The van der Waals surface area contributed by atoms with Crippen LogP contribution in [-0.2, 0) is 0 Å². The molecule has 4 nitrogen and oxygen atoms in total. The highest BCUT2D eigenvalue weighted by Gasteiger charge is 2.54. The molecular formula is C9H17N3O. The standard InChI is InChI=1S/C9H17N3O/c1-2-3-11-9(13)12-4-6-7(5-12)8(6)10/h6-8H,2-5,10H2,1H3,(H,11,13). The topological polar surface area (TPSA) is 58.4 Å². The van der Waals surface area contributed by atoms with Gasteiger partial charge in [0.1, 0.15) is 0 Å². The number of nitrogens with one attached hydrogen (secondary N) is 1. The van der Waals surface area contributed by atoms with Crippen molar-refractivity contribution in [3.05, 3.63) is 0 Å². The summed E-state index contributed by atoms with van der Waals surface area (Å²) >= 11 is 0. The maximum absolute atomic E-state index is 11.5. The predicted octanol–water partition coefficient (Wildman–Crippen LogP) is -0.00510. The lowest BCUT2D eigenvalue weighted by atomic mass is 10.4. The van der Waals surface area contributed by atoms with Gasteiger partial charge in [-0.15, -0.1) is 0 Å². The Hall–Kier alpha value is -0.770. The highest BCUT2D eigenvalue weighted by atomic mass is 16.2. The number of hydrogen-bond donors (Lipinski definition) is 2. The van der Waals surface area contributed by atoms with Gasteiger partial charge in [0.25, 0.3) is 0 Å². The summed E-state index contributed by atoms with van der Waals surface area (Å²) < 4.78 is 0. The van der Waals surface area contributed by atoms with Crippen LogP contribution in [0.15, 0.2) is 0 Å². The SMILES string of the molecule is CCCNC(=O)N1CC2C(N)C2C1. The maximum Gasteiger partial charge on any atom is 0.317 e. The van der Waals surface area contributed by atoms with E-state index in [4.69, 9.17) is 5.73 Å². The van der Waals surface area contributed by atoms with Crippen molar-refractivity contribution in [1.29, 1.82) is 0 Å². The van der Waals surface area contributed by atoms with Crippen LogP contribution in [0.3, 0.4) is 0 Å². The van der Waals surface area contributed by atoms with Crippen LogP contribution in [0.25, 0.3) is 0 Å². The summed E-state index contributed by atoms with van der Waals surface area (Å²) in [5.74, 6) is 1.18. The molecular weight excluding hydrogens is 166 g/mol. The van der Waals surface area contributed by atoms with E-state index in [2.05, 4.69) is 12.2 Å². The second kappa shape index (κ2) is 3.18. The molecule has 1 aliphatic heterocycles. The Balaban J connectivity index is 1.75. The van der Waals surface area contributed by atoms with Crippen LogP contribution in [0.5, 0.6) is 0 Å². The molecule has 0 radical (unpaired) electrons. The van der Waals surface area contributed by atoms with Gasteiger partial charge in [0.2, 0.25) is 0 Å². The van der Waals surface area contributed by atoms with Gasteiger partial charge in [0, 0.05) is 25.7 Å². The van der Waals surface area contributed by atoms with E-state index in [1.807, 2.05) is 4.90 Å². The van der Waals surface area contributed by atoms with Crippen LogP contribution in [0.4, 0.5) is 4.79 Å². The number of carbonyl (C=O) groups is 1. The van der Waals surface area contributed by atoms with Crippen molar-refractivity contribution in [2.75, 3.05) is 19.6 Å². The van der Waals surface area contributed by atoms with Crippen molar-refractivity contribution < 1.29 is 4.79 Å². The van der Waals surface area contributed by atoms with Crippen molar-refractivity contribution >= 4 is 6.03 Å². The number of nitrogens with two attached hydrogens (primary N) is 1. The summed E-state index contributed by atoms with van der Waals surface area (Å²) in [7, 11) is 0. The predicted molar refractivity (Wildman–Crippen MR) is 50.2 cm³/mol. The lowest BCUT2D eigenvalue weighted by Gasteiger charge is -2.19. The summed E-state index contributed by atoms with van der Waals surface area (Å²) in [5.41, 5.74) is 5.78. The summed E-state index contributed by atoms with van der Waals surface area (Å²) in [6, 6.07) is 0.455. The Morgan fingerprint density at radius 2 is 2.15 bits per heavy atom. The second-order valence-electron chi connectivity index (χ2n) is 4.04. The molecule has 3 N–H and O–H groups in total. The van der Waals surface area contributed by atoms with Crippen LogP contribution in [0.1, 0.15) is 13.3 Å². The Bertz CT molecular complexity index is 207. The first-order valence-electron chi connectivity index (χ1n) is 5.02. The normalized spacial score (nSPS) is 35.8. The van der Waals surface area contributed by atoms with E-state index in [-0.39, 0.29) is 6.03 Å². The van der Waals surface area contributed by atoms with Gasteiger partial charge in [-0.05, 0) is 18.3 Å². The molecule has 0 aromatic carbocycles. The van der Waals surface area contributed by atoms with Gasteiger partial charge >= 0.3 is 6.03 Å². The van der Waals surface area contributed by atoms with E-state index in [0.717, 1.165) is 26.1 Å². The molecule has 1 aliphatic carbocycles. The minimum atomic E-state index is 0.0845. The lowest BCUT2D eigenvalue weighted by molar-refractivity contribution is 0.203. The van der Waals surface area contributed by atoms with E-state index in [1.165, 1.54) is 0 Å². The molecule has 2 rings (SSSR count). The average Bonchev–Trinajstić information content (AvgIpc) is 2.62. The molecule has 2 atom stereocenters. The number of likely N-dealkylation sites (tertiary alicyclic amines) is 1. The zero-order valence-electron chi connectivity index (χ0n) is 7.99. The first-order valence-corrected chi connectivity index (χ1v) is 5.02. The number of piperidine rings is 1. The molecule has 0 bridgehead atoms. The molecule has 74 valence electrons. The van der Waals surface area contributed by atoms with E-state index in [0.29, 0.717) is 17.9 Å². The number of urea groups is 1. The number of hydrogen-bond acceptors (Lipinski definition) is 2. The van der Waals surface area contributed by atoms with Crippen LogP contribution in [0.2, 0.25) is 0 Å². The highest BCUT2D eigenvalue weighted by Crippen LogP contribution is 2.43. The molecule has 4 heteroatoms. The third-order valence-corrected chi connectivity index (χ3v) is 3.07. The lowest BCUT2D eigenvalue weighted by Crippen LogP contribution is -2.41. The number of fused-ring (bicyclic) bond motifs is 1. The molecule has 13 heavy (non-hydrogen) atoms. The van der Waals surface area contributed by atoms with Crippen molar-refractivity contribution in [1.82, 2.24) is 10.2 Å². The van der Waals surface area contributed by atoms with Crippen LogP contribution >= 0.6 is 0 Å². The van der Waals surface area contributed by atoms with E-state index < -0.39 is 0 Å². The van der Waals surface area contributed by atoms with Gasteiger partial charge in [0.15, 0.2) is 0 Å². The Labute approximate surface area is 78.5 Å². The van der Waals surface area contributed by atoms with Crippen molar-refractivity contribution in [2.24, 2.45) is 17.6 Å². The van der Waals surface area contributed by atoms with E-state index >= 15 is 0 Å². The van der Waals surface area contributed by atoms with Gasteiger partial charge in [-0.2, -0.15) is 0 Å². The molecule has 1 saturated carbocycles. The van der Waals surface area contributed by atoms with Gasteiger partial charge in [-0.3, -0.25) is 0 Å². The third-order valence-electron chi connectivity index (χ3n) is 3.07. The zero-order valence-corrected chi connectivity index (χ0v) is 7.99. The third kappa shape index (κ3) is 1.50. The Morgan fingerprint density at radius 3 is 2.69 bits per heavy atom. The van der Waals surface area contributed by atoms with E-state index in [1.54, 1.807) is 0 Å². The van der Waals surface area contributed by atoms with Gasteiger partial charge < -0.3 is 16.0 Å². The summed E-state index contributed by atoms with van der Waals surface area (Å²) in [5, 5.41) is 2.88. The molecule has 2 amide bonds. The van der Waals surface area contributed by atoms with Crippen LogP contribution in [-0.4, -0.2) is 36.6 Å². The fourth-order valence-electron chi connectivity index (χ4n) is 2.08. The monoisotopic (exact) mass is 183 g/mol. The van der Waals surface area contributed by atoms with Gasteiger partial charge in [-0.1, -0.05) is 6.92 Å². The minimum Gasteiger partial charge on any atom is -0.338 e. The van der Waals surface area contributed by atoms with Crippen molar-refractivity contribution in [3.63, 3.8) is 0 Å². The fourth-order valence-corrected chi connectivity index (χ4v) is 2.08. The summed E-state index contributed by atoms with van der Waals surface area (Å²) in [6.45, 7) is 4.55. The van der Waals surface area contributed by atoms with Crippen molar-refractivity contribution in [3.8, 4) is 0 Å². The largest absolute Gasteiger partial charge is 0.338 e. The maximum atomic E-state index is 11.5. The average molecular weight is 183 g/mol. The van der Waals surface area contributed by atoms with Gasteiger partial charge in [0.05, 0.1) is 0 Å². The number of amides is 2. The summed E-state index contributed by atoms with van der Waals surface area (Å²) in [4.78, 5) is 13.3. The first-order chi connectivity index (χ1) is 6.24. The molecule has 2 unspecified atom stereocenters. The first kappa shape index (κ1) is 8.81. The van der Waals surface area contributed by atoms with E-state index in [9.17, 15) is 4.79 Å². The number of rotatable bonds is 2. The fraction of sp³-hybridized carbons (Fsp3) is 0.889. The molecule has 2 fully saturated rings. The second-order valence-corrected chi connectivity index (χ2v) is 4.04. The Morgan fingerprint density at radius 1 is 1.54 bits per heavy atom. The summed E-state index contributed by atoms with van der Waals surface area (Å²) in [6.07, 6.45) is 0.992. The minimum absolute atomic E-state index is 0.0845. The van der Waals surface area contributed by atoms with Gasteiger partial charge in [-0.25, -0.2) is 4.79 Å². The molecule has 0 aromatic rings. The Kier molecular flexibility index (Phi) is 2.15. The zero-order chi connectivity index (χ0) is 9.42. The number of carbonyl (C=O) groups excluding carboxylic acids is 1. The molecule has 2 aliphatic rings. The molecule has 0 aromatic heterocycles. The highest BCUT2D eigenvalue weighted by molar-refractivity contribution is 5.74.